The van der Waals surface area contributed by atoms with E-state index in [1.807, 2.05) is 49.4 Å². The van der Waals surface area contributed by atoms with Crippen molar-refractivity contribution < 1.29 is 9.53 Å². The molecule has 1 saturated heterocycles. The Bertz CT molecular complexity index is 1370. The summed E-state index contributed by atoms with van der Waals surface area (Å²) in [7, 11) is 0. The molecule has 0 spiro atoms. The van der Waals surface area contributed by atoms with Gasteiger partial charge in [-0.1, -0.05) is 24.3 Å². The molecule has 2 N–H and O–H groups in total. The number of benzene rings is 3. The molecule has 0 saturated carbocycles. The lowest BCUT2D eigenvalue weighted by molar-refractivity contribution is 0.102. The molecular weight excluding hydrogens is 438 g/mol. The van der Waals surface area contributed by atoms with Gasteiger partial charge in [-0.3, -0.25) is 9.89 Å². The number of morpholine rings is 1. The third-order valence-corrected chi connectivity index (χ3v) is 6.35. The summed E-state index contributed by atoms with van der Waals surface area (Å²) in [6.45, 7) is 9.17. The summed E-state index contributed by atoms with van der Waals surface area (Å²) in [6.07, 6.45) is 0. The predicted molar refractivity (Wildman–Crippen MR) is 139 cm³/mol. The Hall–Kier alpha value is -3.97. The number of carbonyl (C=O) groups is 1. The predicted octanol–water partition coefficient (Wildman–Crippen LogP) is 5.15. The van der Waals surface area contributed by atoms with Gasteiger partial charge in [0.25, 0.3) is 5.91 Å². The van der Waals surface area contributed by atoms with Crippen LogP contribution in [0.4, 0.5) is 11.4 Å². The normalized spacial score (nSPS) is 13.6. The minimum Gasteiger partial charge on any atom is -0.378 e. The molecule has 1 amide bonds. The Balaban J connectivity index is 1.38. The molecule has 2 heterocycles. The van der Waals surface area contributed by atoms with Crippen molar-refractivity contribution >= 4 is 17.3 Å². The number of anilines is 2. The first-order valence-corrected chi connectivity index (χ1v) is 11.8. The van der Waals surface area contributed by atoms with E-state index in [0.717, 1.165) is 71.3 Å². The summed E-state index contributed by atoms with van der Waals surface area (Å²) in [4.78, 5) is 19.9. The first kappa shape index (κ1) is 22.8. The van der Waals surface area contributed by atoms with Crippen LogP contribution in [0.5, 0.6) is 0 Å². The molecule has 178 valence electrons. The van der Waals surface area contributed by atoms with Crippen molar-refractivity contribution in [3.8, 4) is 22.5 Å². The van der Waals surface area contributed by atoms with Crippen LogP contribution in [0.15, 0.2) is 60.7 Å². The van der Waals surface area contributed by atoms with Gasteiger partial charge in [-0.05, 0) is 79.4 Å². The summed E-state index contributed by atoms with van der Waals surface area (Å²) < 4.78 is 5.45. The van der Waals surface area contributed by atoms with Crippen LogP contribution >= 0.6 is 0 Å². The Labute approximate surface area is 205 Å². The quantitative estimate of drug-likeness (QED) is 0.424. The number of H-pyrrole nitrogens is 1. The molecular formula is C28H29N5O2. The van der Waals surface area contributed by atoms with E-state index in [4.69, 9.17) is 4.74 Å². The van der Waals surface area contributed by atoms with Crippen LogP contribution in [0, 0.1) is 20.8 Å². The van der Waals surface area contributed by atoms with Gasteiger partial charge in [0.2, 0.25) is 0 Å². The van der Waals surface area contributed by atoms with Gasteiger partial charge in [-0.25, -0.2) is 4.98 Å². The maximum atomic E-state index is 13.2. The second-order valence-corrected chi connectivity index (χ2v) is 8.91. The first-order valence-electron chi connectivity index (χ1n) is 11.8. The number of hydrogen-bond donors (Lipinski definition) is 2. The number of aryl methyl sites for hydroxylation is 3. The lowest BCUT2D eigenvalue weighted by atomic mass is 9.93. The molecule has 5 rings (SSSR count). The van der Waals surface area contributed by atoms with Gasteiger partial charge >= 0.3 is 0 Å². The van der Waals surface area contributed by atoms with E-state index in [1.165, 1.54) is 0 Å². The first-order chi connectivity index (χ1) is 17.0. The number of hydrogen-bond acceptors (Lipinski definition) is 5. The minimum atomic E-state index is -0.129. The molecule has 0 radical (unpaired) electrons. The molecule has 35 heavy (non-hydrogen) atoms. The van der Waals surface area contributed by atoms with Gasteiger partial charge in [-0.2, -0.15) is 5.10 Å². The average molecular weight is 468 g/mol. The number of rotatable bonds is 5. The zero-order valence-corrected chi connectivity index (χ0v) is 20.3. The monoisotopic (exact) mass is 467 g/mol. The van der Waals surface area contributed by atoms with Crippen molar-refractivity contribution in [3.05, 3.63) is 83.2 Å². The van der Waals surface area contributed by atoms with Gasteiger partial charge in [0.05, 0.1) is 13.2 Å². The van der Waals surface area contributed by atoms with E-state index in [0.29, 0.717) is 11.4 Å². The Morgan fingerprint density at radius 1 is 0.943 bits per heavy atom. The highest BCUT2D eigenvalue weighted by molar-refractivity contribution is 6.05. The van der Waals surface area contributed by atoms with E-state index in [9.17, 15) is 4.79 Å². The highest BCUT2D eigenvalue weighted by Gasteiger charge is 2.15. The molecule has 1 aliphatic heterocycles. The van der Waals surface area contributed by atoms with Crippen LogP contribution in [0.25, 0.3) is 22.5 Å². The molecule has 0 atom stereocenters. The van der Waals surface area contributed by atoms with E-state index in [1.54, 1.807) is 0 Å². The third kappa shape index (κ3) is 4.95. The Morgan fingerprint density at radius 3 is 2.51 bits per heavy atom. The standard InChI is InChI=1S/C28H29N5O2/c1-18-7-8-22(28(34)30-23-5-4-6-24(17-23)33-11-13-35-14-12-33)16-26(18)25-10-9-21(15-19(25)2)27-29-20(3)31-32-27/h4-10,15-17H,11-14H2,1-3H3,(H,30,34)(H,29,31,32). The molecule has 4 aromatic rings. The van der Waals surface area contributed by atoms with Crippen LogP contribution in [0.3, 0.4) is 0 Å². The molecule has 0 unspecified atom stereocenters. The lowest BCUT2D eigenvalue weighted by Crippen LogP contribution is -2.36. The summed E-state index contributed by atoms with van der Waals surface area (Å²) in [5.74, 6) is 1.34. The Morgan fingerprint density at radius 2 is 1.77 bits per heavy atom. The van der Waals surface area contributed by atoms with Crippen molar-refractivity contribution in [2.45, 2.75) is 20.8 Å². The summed E-state index contributed by atoms with van der Waals surface area (Å²) in [5, 5.41) is 10.2. The molecule has 0 bridgehead atoms. The van der Waals surface area contributed by atoms with E-state index in [-0.39, 0.29) is 5.91 Å². The average Bonchev–Trinajstić information content (AvgIpc) is 3.31. The van der Waals surface area contributed by atoms with Crippen molar-refractivity contribution in [1.29, 1.82) is 0 Å². The highest BCUT2D eigenvalue weighted by Crippen LogP contribution is 2.31. The molecule has 0 aliphatic carbocycles. The zero-order valence-electron chi connectivity index (χ0n) is 20.3. The van der Waals surface area contributed by atoms with Crippen LogP contribution < -0.4 is 10.2 Å². The SMILES string of the molecule is Cc1nc(-c2ccc(-c3cc(C(=O)Nc4cccc(N5CCOCC5)c4)ccc3C)c(C)c2)n[nH]1. The summed E-state index contributed by atoms with van der Waals surface area (Å²) >= 11 is 0. The number of ether oxygens (including phenoxy) is 1. The Kier molecular flexibility index (Phi) is 6.33. The number of nitrogens with one attached hydrogen (secondary N) is 2. The van der Waals surface area contributed by atoms with Crippen LogP contribution in [-0.2, 0) is 4.74 Å². The minimum absolute atomic E-state index is 0.129. The largest absolute Gasteiger partial charge is 0.378 e. The fourth-order valence-corrected chi connectivity index (χ4v) is 4.44. The van der Waals surface area contributed by atoms with Gasteiger partial charge in [-0.15, -0.1) is 0 Å². The number of carbonyl (C=O) groups excluding carboxylic acids is 1. The fourth-order valence-electron chi connectivity index (χ4n) is 4.44. The summed E-state index contributed by atoms with van der Waals surface area (Å²) in [6, 6.07) is 20.0. The van der Waals surface area contributed by atoms with E-state index < -0.39 is 0 Å². The fraction of sp³-hybridized carbons (Fsp3) is 0.250. The topological polar surface area (TPSA) is 83.1 Å². The number of amides is 1. The van der Waals surface area contributed by atoms with Gasteiger partial charge in [0.15, 0.2) is 5.82 Å². The van der Waals surface area contributed by atoms with Crippen molar-refractivity contribution in [2.24, 2.45) is 0 Å². The molecule has 7 heteroatoms. The molecule has 1 fully saturated rings. The number of aromatic nitrogens is 3. The molecule has 1 aliphatic rings. The maximum absolute atomic E-state index is 13.2. The van der Waals surface area contributed by atoms with E-state index in [2.05, 4.69) is 57.4 Å². The molecule has 7 nitrogen and oxygen atoms in total. The van der Waals surface area contributed by atoms with Crippen LogP contribution in [0.2, 0.25) is 0 Å². The molecule has 3 aromatic carbocycles. The number of aromatic amines is 1. The smallest absolute Gasteiger partial charge is 0.255 e. The van der Waals surface area contributed by atoms with Crippen LogP contribution in [-0.4, -0.2) is 47.4 Å². The second-order valence-electron chi connectivity index (χ2n) is 8.91. The van der Waals surface area contributed by atoms with Crippen LogP contribution in [0.1, 0.15) is 27.3 Å². The lowest BCUT2D eigenvalue weighted by Gasteiger charge is -2.29. The third-order valence-electron chi connectivity index (χ3n) is 6.35. The van der Waals surface area contributed by atoms with Crippen molar-refractivity contribution in [1.82, 2.24) is 15.2 Å². The highest BCUT2D eigenvalue weighted by atomic mass is 16.5. The maximum Gasteiger partial charge on any atom is 0.255 e. The zero-order chi connectivity index (χ0) is 24.4. The van der Waals surface area contributed by atoms with Gasteiger partial charge in [0, 0.05) is 35.6 Å². The van der Waals surface area contributed by atoms with E-state index >= 15 is 0 Å². The van der Waals surface area contributed by atoms with Gasteiger partial charge < -0.3 is 15.0 Å². The summed E-state index contributed by atoms with van der Waals surface area (Å²) in [5.41, 5.74) is 7.79. The molecule has 1 aromatic heterocycles. The number of nitrogens with zero attached hydrogens (tertiary/aromatic N) is 3. The van der Waals surface area contributed by atoms with Crippen molar-refractivity contribution in [2.75, 3.05) is 36.5 Å². The van der Waals surface area contributed by atoms with Crippen molar-refractivity contribution in [3.63, 3.8) is 0 Å². The van der Waals surface area contributed by atoms with Gasteiger partial charge in [0.1, 0.15) is 5.82 Å². The second kappa shape index (κ2) is 9.72.